The first kappa shape index (κ1) is 13.3. The fraction of sp³-hybridized carbons (Fsp3) is 0.385. The van der Waals surface area contributed by atoms with Crippen LogP contribution in [0.5, 0.6) is 0 Å². The van der Waals surface area contributed by atoms with Gasteiger partial charge in [-0.2, -0.15) is 0 Å². The van der Waals surface area contributed by atoms with Crippen LogP contribution >= 0.6 is 0 Å². The lowest BCUT2D eigenvalue weighted by atomic mass is 10.1. The van der Waals surface area contributed by atoms with Crippen LogP contribution in [0.15, 0.2) is 24.3 Å². The van der Waals surface area contributed by atoms with Crippen molar-refractivity contribution in [2.45, 2.75) is 6.42 Å². The predicted molar refractivity (Wildman–Crippen MR) is 67.1 cm³/mol. The van der Waals surface area contributed by atoms with Crippen LogP contribution in [0.2, 0.25) is 0 Å². The van der Waals surface area contributed by atoms with Crippen molar-refractivity contribution in [3.8, 4) is 0 Å². The van der Waals surface area contributed by atoms with Crippen molar-refractivity contribution in [3.63, 3.8) is 0 Å². The third-order valence-corrected chi connectivity index (χ3v) is 3.11. The SMILES string of the molecule is COC(=O)C1CCN(C(=O)Nc2ccc(F)cc2)C1. The van der Waals surface area contributed by atoms with Crippen LogP contribution in [0.3, 0.4) is 0 Å². The van der Waals surface area contributed by atoms with Gasteiger partial charge < -0.3 is 15.0 Å². The van der Waals surface area contributed by atoms with Gasteiger partial charge in [0.25, 0.3) is 0 Å². The van der Waals surface area contributed by atoms with Gasteiger partial charge in [-0.3, -0.25) is 4.79 Å². The Morgan fingerprint density at radius 1 is 1.37 bits per heavy atom. The van der Waals surface area contributed by atoms with Crippen molar-refractivity contribution in [1.29, 1.82) is 0 Å². The van der Waals surface area contributed by atoms with Crippen molar-refractivity contribution < 1.29 is 18.7 Å². The second-order valence-corrected chi connectivity index (χ2v) is 4.39. The fourth-order valence-electron chi connectivity index (χ4n) is 2.04. The third kappa shape index (κ3) is 3.21. The minimum atomic E-state index is -0.357. The Morgan fingerprint density at radius 2 is 2.05 bits per heavy atom. The molecule has 1 saturated heterocycles. The molecule has 1 aliphatic rings. The summed E-state index contributed by atoms with van der Waals surface area (Å²) < 4.78 is 17.4. The number of carbonyl (C=O) groups excluding carboxylic acids is 2. The van der Waals surface area contributed by atoms with Gasteiger partial charge in [-0.05, 0) is 30.7 Å². The molecule has 1 aliphatic heterocycles. The highest BCUT2D eigenvalue weighted by Gasteiger charge is 2.31. The van der Waals surface area contributed by atoms with Crippen molar-refractivity contribution in [3.05, 3.63) is 30.1 Å². The Bertz CT molecular complexity index is 475. The highest BCUT2D eigenvalue weighted by molar-refractivity contribution is 5.90. The zero-order valence-electron chi connectivity index (χ0n) is 10.6. The molecule has 0 aliphatic carbocycles. The highest BCUT2D eigenvalue weighted by Crippen LogP contribution is 2.19. The number of likely N-dealkylation sites (tertiary alicyclic amines) is 1. The number of benzene rings is 1. The molecule has 0 spiro atoms. The number of halogens is 1. The van der Waals surface area contributed by atoms with Gasteiger partial charge in [0.2, 0.25) is 0 Å². The zero-order chi connectivity index (χ0) is 13.8. The molecule has 1 fully saturated rings. The second kappa shape index (κ2) is 5.69. The summed E-state index contributed by atoms with van der Waals surface area (Å²) in [6.45, 7) is 0.854. The number of nitrogens with one attached hydrogen (secondary N) is 1. The zero-order valence-corrected chi connectivity index (χ0v) is 10.6. The maximum absolute atomic E-state index is 12.7. The molecule has 0 aromatic heterocycles. The van der Waals surface area contributed by atoms with E-state index < -0.39 is 0 Å². The first-order valence-corrected chi connectivity index (χ1v) is 5.99. The van der Waals surface area contributed by atoms with Gasteiger partial charge in [-0.25, -0.2) is 9.18 Å². The number of rotatable bonds is 2. The van der Waals surface area contributed by atoms with E-state index in [4.69, 9.17) is 0 Å². The number of esters is 1. The van der Waals surface area contributed by atoms with Crippen LogP contribution < -0.4 is 5.32 Å². The number of anilines is 1. The first-order valence-electron chi connectivity index (χ1n) is 5.99. The van der Waals surface area contributed by atoms with E-state index in [0.29, 0.717) is 25.2 Å². The summed E-state index contributed by atoms with van der Waals surface area (Å²) in [7, 11) is 1.34. The lowest BCUT2D eigenvalue weighted by Crippen LogP contribution is -2.33. The Balaban J connectivity index is 1.91. The number of carbonyl (C=O) groups is 2. The smallest absolute Gasteiger partial charge is 0.321 e. The number of urea groups is 1. The van der Waals surface area contributed by atoms with Crippen LogP contribution in [0.1, 0.15) is 6.42 Å². The summed E-state index contributed by atoms with van der Waals surface area (Å²) in [5.74, 6) is -0.911. The molecular weight excluding hydrogens is 251 g/mol. The molecule has 0 radical (unpaired) electrons. The topological polar surface area (TPSA) is 58.6 Å². The van der Waals surface area contributed by atoms with E-state index in [1.54, 1.807) is 4.90 Å². The summed E-state index contributed by atoms with van der Waals surface area (Å²) in [5.41, 5.74) is 0.521. The van der Waals surface area contributed by atoms with E-state index in [2.05, 4.69) is 10.1 Å². The molecule has 2 amide bonds. The lowest BCUT2D eigenvalue weighted by molar-refractivity contribution is -0.144. The van der Waals surface area contributed by atoms with E-state index in [9.17, 15) is 14.0 Å². The molecule has 1 unspecified atom stereocenters. The van der Waals surface area contributed by atoms with E-state index in [0.717, 1.165) is 0 Å². The van der Waals surface area contributed by atoms with Crippen molar-refractivity contribution in [2.24, 2.45) is 5.92 Å². The number of methoxy groups -OCH3 is 1. The van der Waals surface area contributed by atoms with Crippen molar-refractivity contribution in [1.82, 2.24) is 4.90 Å². The standard InChI is InChI=1S/C13H15FN2O3/c1-19-12(17)9-6-7-16(8-9)13(18)15-11-4-2-10(14)3-5-11/h2-5,9H,6-8H2,1H3,(H,15,18). The maximum Gasteiger partial charge on any atom is 0.321 e. The number of hydrogen-bond donors (Lipinski definition) is 1. The molecule has 6 heteroatoms. The highest BCUT2D eigenvalue weighted by atomic mass is 19.1. The number of nitrogens with zero attached hydrogens (tertiary/aromatic N) is 1. The van der Waals surface area contributed by atoms with Gasteiger partial charge >= 0.3 is 12.0 Å². The summed E-state index contributed by atoms with van der Waals surface area (Å²) in [6.07, 6.45) is 0.601. The van der Waals surface area contributed by atoms with Crippen molar-refractivity contribution in [2.75, 3.05) is 25.5 Å². The van der Waals surface area contributed by atoms with Gasteiger partial charge in [0.05, 0.1) is 13.0 Å². The van der Waals surface area contributed by atoms with Crippen LogP contribution in [-0.4, -0.2) is 37.1 Å². The molecule has 0 saturated carbocycles. The van der Waals surface area contributed by atoms with Gasteiger partial charge in [-0.1, -0.05) is 0 Å². The van der Waals surface area contributed by atoms with E-state index >= 15 is 0 Å². The molecule has 5 nitrogen and oxygen atoms in total. The number of amides is 2. The molecule has 0 bridgehead atoms. The summed E-state index contributed by atoms with van der Waals surface area (Å²) in [5, 5.41) is 2.66. The Morgan fingerprint density at radius 3 is 2.68 bits per heavy atom. The third-order valence-electron chi connectivity index (χ3n) is 3.11. The van der Waals surface area contributed by atoms with Crippen LogP contribution in [0.25, 0.3) is 0 Å². The molecular formula is C13H15FN2O3. The van der Waals surface area contributed by atoms with Crippen LogP contribution in [0, 0.1) is 11.7 Å². The maximum atomic E-state index is 12.7. The van der Waals surface area contributed by atoms with Crippen LogP contribution in [0.4, 0.5) is 14.9 Å². The molecule has 1 aromatic rings. The summed E-state index contributed by atoms with van der Waals surface area (Å²) >= 11 is 0. The lowest BCUT2D eigenvalue weighted by Gasteiger charge is -2.16. The average Bonchev–Trinajstić information content (AvgIpc) is 2.90. The molecule has 1 atom stereocenters. The average molecular weight is 266 g/mol. The molecule has 102 valence electrons. The molecule has 19 heavy (non-hydrogen) atoms. The fourth-order valence-corrected chi connectivity index (χ4v) is 2.04. The molecule has 1 N–H and O–H groups in total. The molecule has 1 heterocycles. The van der Waals surface area contributed by atoms with Gasteiger partial charge in [0.1, 0.15) is 5.82 Å². The molecule has 2 rings (SSSR count). The van der Waals surface area contributed by atoms with E-state index in [-0.39, 0.29) is 23.7 Å². The van der Waals surface area contributed by atoms with E-state index in [1.165, 1.54) is 31.4 Å². The van der Waals surface area contributed by atoms with Crippen molar-refractivity contribution >= 4 is 17.7 Å². The summed E-state index contributed by atoms with van der Waals surface area (Å²) in [6, 6.07) is 5.23. The van der Waals surface area contributed by atoms with Gasteiger partial charge in [0.15, 0.2) is 0 Å². The minimum absolute atomic E-state index is 0.260. The van der Waals surface area contributed by atoms with Crippen LogP contribution in [-0.2, 0) is 9.53 Å². The summed E-state index contributed by atoms with van der Waals surface area (Å²) in [4.78, 5) is 24.8. The Kier molecular flexibility index (Phi) is 3.99. The quantitative estimate of drug-likeness (QED) is 0.831. The largest absolute Gasteiger partial charge is 0.469 e. The Labute approximate surface area is 110 Å². The minimum Gasteiger partial charge on any atom is -0.469 e. The second-order valence-electron chi connectivity index (χ2n) is 4.39. The van der Waals surface area contributed by atoms with E-state index in [1.807, 2.05) is 0 Å². The number of hydrogen-bond acceptors (Lipinski definition) is 3. The number of ether oxygens (including phenoxy) is 1. The first-order chi connectivity index (χ1) is 9.10. The predicted octanol–water partition coefficient (Wildman–Crippen LogP) is 1.85. The molecule has 1 aromatic carbocycles. The van der Waals surface area contributed by atoms with Gasteiger partial charge in [-0.15, -0.1) is 0 Å². The monoisotopic (exact) mass is 266 g/mol. The van der Waals surface area contributed by atoms with Gasteiger partial charge in [0, 0.05) is 18.8 Å². The Hall–Kier alpha value is -2.11. The normalized spacial score (nSPS) is 18.2.